The molecule has 1 aromatic carbocycles. The predicted molar refractivity (Wildman–Crippen MR) is 89.6 cm³/mol. The summed E-state index contributed by atoms with van der Waals surface area (Å²) in [7, 11) is 0. The number of rotatable bonds is 3. The van der Waals surface area contributed by atoms with Crippen molar-refractivity contribution in [1.29, 1.82) is 0 Å². The fourth-order valence-electron chi connectivity index (χ4n) is 1.30. The molecule has 0 unspecified atom stereocenters. The standard InChI is InChI=1S/C11H11NS2.2C2H6/c1-13-12-10-5-2-4-9(8-10)11-6-3-7-14-11;2*1-2/h2-8,12H,1H3;2*1-2H3. The Kier molecular flexibility index (Phi) is 10.6. The summed E-state index contributed by atoms with van der Waals surface area (Å²) >= 11 is 3.38. The summed E-state index contributed by atoms with van der Waals surface area (Å²) in [6, 6.07) is 12.7. The van der Waals surface area contributed by atoms with Crippen LogP contribution >= 0.6 is 23.3 Å². The first-order valence-corrected chi connectivity index (χ1v) is 8.43. The molecule has 2 rings (SSSR count). The first kappa shape index (κ1) is 17.1. The molecule has 1 nitrogen and oxygen atoms in total. The number of nitrogens with one attached hydrogen (secondary N) is 1. The molecule has 0 fully saturated rings. The Morgan fingerprint density at radius 3 is 2.28 bits per heavy atom. The van der Waals surface area contributed by atoms with Gasteiger partial charge in [-0.2, -0.15) is 0 Å². The SMILES string of the molecule is CC.CC.CSNc1cccc(-c2cccs2)c1. The van der Waals surface area contributed by atoms with E-state index in [1.165, 1.54) is 10.4 Å². The highest BCUT2D eigenvalue weighted by Gasteiger charge is 1.98. The molecule has 0 atom stereocenters. The lowest BCUT2D eigenvalue weighted by molar-refractivity contribution is 1.50. The number of anilines is 1. The maximum atomic E-state index is 3.23. The largest absolute Gasteiger partial charge is 0.330 e. The molecule has 0 aliphatic carbocycles. The van der Waals surface area contributed by atoms with Crippen LogP contribution in [0.25, 0.3) is 10.4 Å². The number of hydrogen-bond donors (Lipinski definition) is 1. The molecule has 0 saturated heterocycles. The Labute approximate surface area is 120 Å². The van der Waals surface area contributed by atoms with E-state index in [1.54, 1.807) is 23.3 Å². The zero-order valence-electron chi connectivity index (χ0n) is 11.9. The van der Waals surface area contributed by atoms with Crippen molar-refractivity contribution in [3.63, 3.8) is 0 Å². The number of hydrogen-bond acceptors (Lipinski definition) is 3. The van der Waals surface area contributed by atoms with E-state index in [-0.39, 0.29) is 0 Å². The minimum atomic E-state index is 1.16. The quantitative estimate of drug-likeness (QED) is 0.676. The Morgan fingerprint density at radius 1 is 1.00 bits per heavy atom. The molecule has 0 radical (unpaired) electrons. The molecular formula is C15H23NS2. The Hall–Kier alpha value is -0.930. The second kappa shape index (κ2) is 11.2. The van der Waals surface area contributed by atoms with Crippen LogP contribution in [-0.4, -0.2) is 6.26 Å². The Morgan fingerprint density at radius 2 is 1.72 bits per heavy atom. The zero-order chi connectivity index (χ0) is 13.8. The third kappa shape index (κ3) is 5.61. The van der Waals surface area contributed by atoms with E-state index < -0.39 is 0 Å². The fraction of sp³-hybridized carbons (Fsp3) is 0.333. The molecule has 100 valence electrons. The molecule has 0 spiro atoms. The van der Waals surface area contributed by atoms with Crippen LogP contribution in [0, 0.1) is 0 Å². The minimum Gasteiger partial charge on any atom is -0.330 e. The zero-order valence-corrected chi connectivity index (χ0v) is 13.5. The third-order valence-electron chi connectivity index (χ3n) is 1.89. The second-order valence-corrected chi connectivity index (χ2v) is 4.42. The molecule has 0 saturated carbocycles. The van der Waals surface area contributed by atoms with E-state index in [9.17, 15) is 0 Å². The van der Waals surface area contributed by atoms with E-state index in [2.05, 4.69) is 46.5 Å². The lowest BCUT2D eigenvalue weighted by atomic mass is 10.2. The highest BCUT2D eigenvalue weighted by molar-refractivity contribution is 7.99. The summed E-state index contributed by atoms with van der Waals surface area (Å²) in [5.41, 5.74) is 2.43. The van der Waals surface area contributed by atoms with Crippen LogP contribution in [0.2, 0.25) is 0 Å². The van der Waals surface area contributed by atoms with Gasteiger partial charge in [0.25, 0.3) is 0 Å². The van der Waals surface area contributed by atoms with Crippen LogP contribution in [0.3, 0.4) is 0 Å². The maximum Gasteiger partial charge on any atom is 0.0446 e. The summed E-state index contributed by atoms with van der Waals surface area (Å²) in [5.74, 6) is 0. The van der Waals surface area contributed by atoms with Crippen LogP contribution in [0.15, 0.2) is 41.8 Å². The van der Waals surface area contributed by atoms with Crippen molar-refractivity contribution in [3.05, 3.63) is 41.8 Å². The van der Waals surface area contributed by atoms with Gasteiger partial charge in [0.15, 0.2) is 0 Å². The summed E-state index contributed by atoms with van der Waals surface area (Å²) in [5, 5.41) is 2.10. The molecule has 1 aromatic heterocycles. The molecule has 0 bridgehead atoms. The van der Waals surface area contributed by atoms with E-state index >= 15 is 0 Å². The van der Waals surface area contributed by atoms with Gasteiger partial charge in [-0.25, -0.2) is 0 Å². The van der Waals surface area contributed by atoms with Gasteiger partial charge in [0, 0.05) is 16.8 Å². The Balaban J connectivity index is 0.000000659. The van der Waals surface area contributed by atoms with Crippen molar-refractivity contribution < 1.29 is 0 Å². The molecule has 1 heterocycles. The van der Waals surface area contributed by atoms with Gasteiger partial charge in [-0.05, 0) is 29.1 Å². The average molecular weight is 281 g/mol. The number of benzene rings is 1. The lowest BCUT2D eigenvalue weighted by Crippen LogP contribution is -1.83. The van der Waals surface area contributed by atoms with Gasteiger partial charge in [-0.3, -0.25) is 0 Å². The lowest BCUT2D eigenvalue weighted by Gasteiger charge is -2.03. The average Bonchev–Trinajstić information content (AvgIpc) is 2.98. The third-order valence-corrected chi connectivity index (χ3v) is 3.25. The van der Waals surface area contributed by atoms with E-state index in [0.717, 1.165) is 5.69 Å². The van der Waals surface area contributed by atoms with Gasteiger partial charge in [0.1, 0.15) is 0 Å². The smallest absolute Gasteiger partial charge is 0.0446 e. The van der Waals surface area contributed by atoms with Gasteiger partial charge >= 0.3 is 0 Å². The van der Waals surface area contributed by atoms with Crippen LogP contribution in [0.5, 0.6) is 0 Å². The molecular weight excluding hydrogens is 258 g/mol. The Bertz CT molecular complexity index is 397. The second-order valence-electron chi connectivity index (χ2n) is 2.86. The van der Waals surface area contributed by atoms with E-state index in [1.807, 2.05) is 34.0 Å². The van der Waals surface area contributed by atoms with Crippen molar-refractivity contribution in [2.45, 2.75) is 27.7 Å². The molecule has 2 aromatic rings. The van der Waals surface area contributed by atoms with Gasteiger partial charge in [0.2, 0.25) is 0 Å². The molecule has 18 heavy (non-hydrogen) atoms. The van der Waals surface area contributed by atoms with Gasteiger partial charge in [-0.15, -0.1) is 11.3 Å². The van der Waals surface area contributed by atoms with Crippen molar-refractivity contribution in [3.8, 4) is 10.4 Å². The minimum absolute atomic E-state index is 1.16. The normalized spacial score (nSPS) is 8.50. The molecule has 3 heteroatoms. The van der Waals surface area contributed by atoms with Crippen LogP contribution in [-0.2, 0) is 0 Å². The molecule has 0 aliphatic heterocycles. The monoisotopic (exact) mass is 281 g/mol. The summed E-state index contributed by atoms with van der Waals surface area (Å²) in [6.07, 6.45) is 2.03. The first-order chi connectivity index (χ1) is 8.90. The van der Waals surface area contributed by atoms with E-state index in [4.69, 9.17) is 0 Å². The summed E-state index contributed by atoms with van der Waals surface area (Å²) in [6.45, 7) is 8.00. The van der Waals surface area contributed by atoms with Crippen molar-refractivity contribution in [2.24, 2.45) is 0 Å². The van der Waals surface area contributed by atoms with Crippen molar-refractivity contribution in [2.75, 3.05) is 11.0 Å². The number of thiophene rings is 1. The van der Waals surface area contributed by atoms with Gasteiger partial charge < -0.3 is 4.72 Å². The topological polar surface area (TPSA) is 12.0 Å². The first-order valence-electron chi connectivity index (χ1n) is 6.33. The molecule has 1 N–H and O–H groups in total. The summed E-state index contributed by atoms with van der Waals surface area (Å²) in [4.78, 5) is 1.31. The predicted octanol–water partition coefficient (Wildman–Crippen LogP) is 6.16. The van der Waals surface area contributed by atoms with Crippen LogP contribution in [0.4, 0.5) is 5.69 Å². The fourth-order valence-corrected chi connectivity index (χ4v) is 2.38. The van der Waals surface area contributed by atoms with Gasteiger partial charge in [-0.1, -0.05) is 57.8 Å². The maximum absolute atomic E-state index is 3.23. The van der Waals surface area contributed by atoms with Crippen molar-refractivity contribution in [1.82, 2.24) is 0 Å². The van der Waals surface area contributed by atoms with Crippen LogP contribution in [0.1, 0.15) is 27.7 Å². The molecule has 0 aliphatic rings. The molecule has 0 amide bonds. The van der Waals surface area contributed by atoms with E-state index in [0.29, 0.717) is 0 Å². The summed E-state index contributed by atoms with van der Waals surface area (Å²) < 4.78 is 3.23. The van der Waals surface area contributed by atoms with Gasteiger partial charge in [0.05, 0.1) is 0 Å². The highest BCUT2D eigenvalue weighted by Crippen LogP contribution is 2.27. The van der Waals surface area contributed by atoms with Crippen molar-refractivity contribution >= 4 is 29.0 Å². The highest BCUT2D eigenvalue weighted by atomic mass is 32.2. The van der Waals surface area contributed by atoms with Crippen LogP contribution < -0.4 is 4.72 Å².